The first kappa shape index (κ1) is 11.5. The van der Waals surface area contributed by atoms with Crippen LogP contribution in [0.15, 0.2) is 36.5 Å². The number of pyridine rings is 1. The molecule has 1 aromatic heterocycles. The summed E-state index contributed by atoms with van der Waals surface area (Å²) in [6, 6.07) is 8.60. The van der Waals surface area contributed by atoms with Gasteiger partial charge in [0.15, 0.2) is 0 Å². The first-order valence-corrected chi connectivity index (χ1v) is 5.81. The number of hydrogen-bond donors (Lipinski definition) is 2. The Bertz CT molecular complexity index is 656. The van der Waals surface area contributed by atoms with Gasteiger partial charge in [-0.1, -0.05) is 12.1 Å². The number of cyclic esters (lactones) is 1. The summed E-state index contributed by atoms with van der Waals surface area (Å²) >= 11 is 0. The zero-order chi connectivity index (χ0) is 13.2. The number of fused-ring (bicyclic) bond motifs is 1. The second-order valence-corrected chi connectivity index (χ2v) is 4.20. The number of ether oxygens (including phenoxy) is 1. The Morgan fingerprint density at radius 2 is 2.32 bits per heavy atom. The van der Waals surface area contributed by atoms with Crippen molar-refractivity contribution in [1.29, 1.82) is 0 Å². The van der Waals surface area contributed by atoms with Crippen molar-refractivity contribution in [2.45, 2.75) is 6.04 Å². The summed E-state index contributed by atoms with van der Waals surface area (Å²) in [5.41, 5.74) is 1.43. The van der Waals surface area contributed by atoms with Crippen molar-refractivity contribution in [3.8, 4) is 0 Å². The number of carbonyl (C=O) groups is 2. The van der Waals surface area contributed by atoms with Crippen LogP contribution >= 0.6 is 0 Å². The molecule has 2 amide bonds. The molecule has 0 aliphatic carbocycles. The van der Waals surface area contributed by atoms with Crippen molar-refractivity contribution in [2.24, 2.45) is 0 Å². The van der Waals surface area contributed by atoms with E-state index in [1.54, 1.807) is 18.3 Å². The third-order valence-corrected chi connectivity index (χ3v) is 2.86. The lowest BCUT2D eigenvalue weighted by Crippen LogP contribution is -2.38. The summed E-state index contributed by atoms with van der Waals surface area (Å²) in [6.45, 7) is 0.0521. The molecule has 0 bridgehead atoms. The fraction of sp³-hybridized carbons (Fsp3) is 0.154. The Labute approximate surface area is 108 Å². The first-order chi connectivity index (χ1) is 9.22. The Hall–Kier alpha value is -2.63. The Morgan fingerprint density at radius 3 is 3.11 bits per heavy atom. The Balaban J connectivity index is 1.77. The largest absolute Gasteiger partial charge is 0.447 e. The summed E-state index contributed by atoms with van der Waals surface area (Å²) in [5, 5.41) is 6.14. The molecule has 0 spiro atoms. The van der Waals surface area contributed by atoms with Crippen molar-refractivity contribution in [3.05, 3.63) is 36.5 Å². The van der Waals surface area contributed by atoms with Crippen molar-refractivity contribution in [3.63, 3.8) is 0 Å². The van der Waals surface area contributed by atoms with Crippen molar-refractivity contribution >= 4 is 28.6 Å². The van der Waals surface area contributed by atoms with Crippen LogP contribution in [0.4, 0.5) is 10.5 Å². The van der Waals surface area contributed by atoms with Gasteiger partial charge in [-0.3, -0.25) is 9.78 Å². The van der Waals surface area contributed by atoms with E-state index in [2.05, 4.69) is 20.4 Å². The number of carbonyl (C=O) groups excluding carboxylic acids is 2. The molecule has 1 unspecified atom stereocenters. The maximum atomic E-state index is 11.9. The number of rotatable bonds is 2. The van der Waals surface area contributed by atoms with Crippen LogP contribution in [0.25, 0.3) is 10.9 Å². The quantitative estimate of drug-likeness (QED) is 0.849. The van der Waals surface area contributed by atoms with E-state index in [9.17, 15) is 9.59 Å². The Kier molecular flexibility index (Phi) is 2.75. The van der Waals surface area contributed by atoms with Crippen LogP contribution < -0.4 is 10.6 Å². The molecule has 1 aliphatic rings. The smallest absolute Gasteiger partial charge is 0.407 e. The normalized spacial score (nSPS) is 17.9. The van der Waals surface area contributed by atoms with Gasteiger partial charge in [0.25, 0.3) is 5.91 Å². The van der Waals surface area contributed by atoms with E-state index >= 15 is 0 Å². The summed E-state index contributed by atoms with van der Waals surface area (Å²) < 4.78 is 4.67. The van der Waals surface area contributed by atoms with E-state index in [0.717, 1.165) is 10.9 Å². The molecule has 1 aromatic carbocycles. The minimum Gasteiger partial charge on any atom is -0.447 e. The zero-order valence-corrected chi connectivity index (χ0v) is 9.92. The number of hydrogen-bond acceptors (Lipinski definition) is 4. The van der Waals surface area contributed by atoms with Crippen LogP contribution in [0.5, 0.6) is 0 Å². The summed E-state index contributed by atoms with van der Waals surface area (Å²) in [4.78, 5) is 26.9. The van der Waals surface area contributed by atoms with Crippen molar-refractivity contribution in [2.75, 3.05) is 11.9 Å². The van der Waals surface area contributed by atoms with Crippen LogP contribution in [0.2, 0.25) is 0 Å². The monoisotopic (exact) mass is 257 g/mol. The van der Waals surface area contributed by atoms with Gasteiger partial charge in [0.05, 0.1) is 5.52 Å². The SMILES string of the molecule is O=C1NC(C(=O)Nc2ccc3cccnc3c2)CO1. The second kappa shape index (κ2) is 4.56. The van der Waals surface area contributed by atoms with Gasteiger partial charge in [-0.2, -0.15) is 0 Å². The number of anilines is 1. The van der Waals surface area contributed by atoms with Gasteiger partial charge in [-0.15, -0.1) is 0 Å². The molecule has 1 saturated heterocycles. The summed E-state index contributed by atoms with van der Waals surface area (Å²) in [5.74, 6) is -0.305. The predicted molar refractivity (Wildman–Crippen MR) is 68.6 cm³/mol. The van der Waals surface area contributed by atoms with Crippen LogP contribution in [0.3, 0.4) is 0 Å². The Morgan fingerprint density at radius 1 is 1.42 bits per heavy atom. The van der Waals surface area contributed by atoms with Gasteiger partial charge < -0.3 is 15.4 Å². The molecule has 2 heterocycles. The van der Waals surface area contributed by atoms with Crippen LogP contribution in [-0.2, 0) is 9.53 Å². The summed E-state index contributed by atoms with van der Waals surface area (Å²) in [7, 11) is 0. The number of nitrogens with zero attached hydrogens (tertiary/aromatic N) is 1. The minimum atomic E-state index is -0.646. The fourth-order valence-corrected chi connectivity index (χ4v) is 1.90. The fourth-order valence-electron chi connectivity index (χ4n) is 1.90. The molecule has 1 fully saturated rings. The van der Waals surface area contributed by atoms with E-state index in [-0.39, 0.29) is 12.5 Å². The lowest BCUT2D eigenvalue weighted by atomic mass is 10.2. The average Bonchev–Trinajstić information content (AvgIpc) is 2.85. The molecule has 0 saturated carbocycles. The molecule has 6 nitrogen and oxygen atoms in total. The number of aromatic nitrogens is 1. The predicted octanol–water partition coefficient (Wildman–Crippen LogP) is 1.28. The molecule has 0 radical (unpaired) electrons. The topological polar surface area (TPSA) is 80.3 Å². The molecule has 6 heteroatoms. The van der Waals surface area contributed by atoms with Gasteiger partial charge in [0.1, 0.15) is 12.6 Å². The van der Waals surface area contributed by atoms with Gasteiger partial charge >= 0.3 is 6.09 Å². The van der Waals surface area contributed by atoms with E-state index in [0.29, 0.717) is 5.69 Å². The highest BCUT2D eigenvalue weighted by atomic mass is 16.6. The van der Waals surface area contributed by atoms with Gasteiger partial charge in [-0.05, 0) is 18.2 Å². The highest BCUT2D eigenvalue weighted by molar-refractivity contribution is 5.99. The number of alkyl carbamates (subject to hydrolysis) is 1. The van der Waals surface area contributed by atoms with Crippen molar-refractivity contribution in [1.82, 2.24) is 10.3 Å². The highest BCUT2D eigenvalue weighted by Crippen LogP contribution is 2.17. The molecular formula is C13H11N3O3. The molecular weight excluding hydrogens is 246 g/mol. The van der Waals surface area contributed by atoms with Crippen molar-refractivity contribution < 1.29 is 14.3 Å². The lowest BCUT2D eigenvalue weighted by Gasteiger charge is -2.09. The van der Waals surface area contributed by atoms with E-state index in [4.69, 9.17) is 0 Å². The van der Waals surface area contributed by atoms with Gasteiger partial charge in [0.2, 0.25) is 0 Å². The molecule has 3 rings (SSSR count). The molecule has 2 aromatic rings. The standard InChI is InChI=1S/C13H11N3O3/c17-12(11-7-19-13(18)16-11)15-9-4-3-8-2-1-5-14-10(8)6-9/h1-6,11H,7H2,(H,15,17)(H,16,18). The van der Waals surface area contributed by atoms with E-state index < -0.39 is 12.1 Å². The molecule has 1 aliphatic heterocycles. The maximum Gasteiger partial charge on any atom is 0.407 e. The molecule has 96 valence electrons. The average molecular weight is 257 g/mol. The van der Waals surface area contributed by atoms with Gasteiger partial charge in [0, 0.05) is 17.3 Å². The van der Waals surface area contributed by atoms with Crippen LogP contribution in [-0.4, -0.2) is 29.6 Å². The zero-order valence-electron chi connectivity index (χ0n) is 9.92. The van der Waals surface area contributed by atoms with Gasteiger partial charge in [-0.25, -0.2) is 4.79 Å². The van der Waals surface area contributed by atoms with Crippen LogP contribution in [0.1, 0.15) is 0 Å². The number of nitrogens with one attached hydrogen (secondary N) is 2. The van der Waals surface area contributed by atoms with E-state index in [1.165, 1.54) is 0 Å². The van der Waals surface area contributed by atoms with E-state index in [1.807, 2.05) is 18.2 Å². The molecule has 19 heavy (non-hydrogen) atoms. The van der Waals surface area contributed by atoms with Crippen LogP contribution in [0, 0.1) is 0 Å². The molecule has 2 N–H and O–H groups in total. The minimum absolute atomic E-state index is 0.0521. The maximum absolute atomic E-state index is 11.9. The first-order valence-electron chi connectivity index (χ1n) is 5.81. The third kappa shape index (κ3) is 2.33. The number of amides is 2. The second-order valence-electron chi connectivity index (χ2n) is 4.20. The third-order valence-electron chi connectivity index (χ3n) is 2.86. The number of benzene rings is 1. The molecule has 1 atom stereocenters. The lowest BCUT2D eigenvalue weighted by molar-refractivity contribution is -0.117. The highest BCUT2D eigenvalue weighted by Gasteiger charge is 2.28. The summed E-state index contributed by atoms with van der Waals surface area (Å²) in [6.07, 6.45) is 1.12.